The molecule has 1 aromatic carbocycles. The lowest BCUT2D eigenvalue weighted by Gasteiger charge is -2.09. The van der Waals surface area contributed by atoms with Gasteiger partial charge in [-0.1, -0.05) is 0 Å². The zero-order valence-electron chi connectivity index (χ0n) is 12.1. The fourth-order valence-corrected chi connectivity index (χ4v) is 1.97. The van der Waals surface area contributed by atoms with Crippen molar-refractivity contribution in [1.29, 1.82) is 0 Å². The summed E-state index contributed by atoms with van der Waals surface area (Å²) >= 11 is 0. The summed E-state index contributed by atoms with van der Waals surface area (Å²) in [7, 11) is 0. The molecule has 0 unspecified atom stereocenters. The van der Waals surface area contributed by atoms with Gasteiger partial charge in [0.1, 0.15) is 11.5 Å². The van der Waals surface area contributed by atoms with Crippen LogP contribution in [0, 0.1) is 19.7 Å². The average Bonchev–Trinajstić information content (AvgIpc) is 2.76. The highest BCUT2D eigenvalue weighted by molar-refractivity contribution is 5.90. The van der Waals surface area contributed by atoms with Gasteiger partial charge in [0.15, 0.2) is 6.61 Å². The van der Waals surface area contributed by atoms with Crippen molar-refractivity contribution in [3.8, 4) is 11.6 Å². The first-order valence-electron chi connectivity index (χ1n) is 6.38. The van der Waals surface area contributed by atoms with Crippen molar-refractivity contribution in [1.82, 2.24) is 9.78 Å². The molecule has 0 radical (unpaired) electrons. The van der Waals surface area contributed by atoms with Gasteiger partial charge in [0, 0.05) is 11.8 Å². The highest BCUT2D eigenvalue weighted by Crippen LogP contribution is 2.24. The number of hydrogen-bond donors (Lipinski definition) is 1. The normalized spacial score (nSPS) is 11.6. The van der Waals surface area contributed by atoms with Gasteiger partial charge in [-0.15, -0.1) is 5.10 Å². The van der Waals surface area contributed by atoms with E-state index in [9.17, 15) is 22.4 Å². The molecule has 2 aromatic rings. The quantitative estimate of drug-likeness (QED) is 0.873. The van der Waals surface area contributed by atoms with E-state index in [2.05, 4.69) is 9.84 Å². The number of carboxylic acid groups (broad SMARTS) is 1. The average molecular weight is 332 g/mol. The number of halogens is 4. The van der Waals surface area contributed by atoms with Crippen molar-refractivity contribution in [3.63, 3.8) is 0 Å². The van der Waals surface area contributed by atoms with Crippen LogP contribution in [0.3, 0.4) is 0 Å². The number of aromatic carboxylic acids is 1. The molecule has 1 N–H and O–H groups in total. The lowest BCUT2D eigenvalue weighted by Crippen LogP contribution is -2.19. The lowest BCUT2D eigenvalue weighted by molar-refractivity contribution is -0.154. The van der Waals surface area contributed by atoms with E-state index in [1.165, 1.54) is 19.9 Å². The minimum atomic E-state index is -4.52. The molecular formula is C14H12F4N2O3. The Morgan fingerprint density at radius 1 is 1.30 bits per heavy atom. The number of carboxylic acids is 1. The van der Waals surface area contributed by atoms with E-state index >= 15 is 0 Å². The largest absolute Gasteiger partial charge is 0.478 e. The number of alkyl halides is 3. The first kappa shape index (κ1) is 16.8. The molecule has 0 amide bonds. The summed E-state index contributed by atoms with van der Waals surface area (Å²) in [4.78, 5) is 11.1. The molecule has 1 aromatic heterocycles. The Bertz CT molecular complexity index is 753. The SMILES string of the molecule is Cc1cc(F)c(-n2nc(OCC(F)(F)F)cc2C)cc1C(=O)O. The van der Waals surface area contributed by atoms with Crippen molar-refractivity contribution in [2.24, 2.45) is 0 Å². The van der Waals surface area contributed by atoms with Crippen LogP contribution in [0.2, 0.25) is 0 Å². The second-order valence-corrected chi connectivity index (χ2v) is 4.86. The Morgan fingerprint density at radius 3 is 2.52 bits per heavy atom. The van der Waals surface area contributed by atoms with Gasteiger partial charge in [-0.25, -0.2) is 13.9 Å². The van der Waals surface area contributed by atoms with Gasteiger partial charge in [-0.3, -0.25) is 0 Å². The molecule has 0 aliphatic rings. The van der Waals surface area contributed by atoms with Crippen LogP contribution in [0.5, 0.6) is 5.88 Å². The van der Waals surface area contributed by atoms with Crippen LogP contribution in [0.25, 0.3) is 5.69 Å². The highest BCUT2D eigenvalue weighted by Gasteiger charge is 2.29. The predicted octanol–water partition coefficient (Wildman–Crippen LogP) is 3.27. The van der Waals surface area contributed by atoms with Crippen LogP contribution in [0.1, 0.15) is 21.6 Å². The summed E-state index contributed by atoms with van der Waals surface area (Å²) in [5.41, 5.74) is 0.194. The van der Waals surface area contributed by atoms with E-state index in [4.69, 9.17) is 5.11 Å². The van der Waals surface area contributed by atoms with Gasteiger partial charge in [0.05, 0.1) is 5.56 Å². The number of aromatic nitrogens is 2. The van der Waals surface area contributed by atoms with Crippen molar-refractivity contribution in [2.75, 3.05) is 6.61 Å². The molecule has 0 aliphatic carbocycles. The minimum Gasteiger partial charge on any atom is -0.478 e. The number of carbonyl (C=O) groups is 1. The molecule has 0 aliphatic heterocycles. The molecule has 0 saturated heterocycles. The van der Waals surface area contributed by atoms with E-state index in [0.717, 1.165) is 16.8 Å². The molecule has 5 nitrogen and oxygen atoms in total. The van der Waals surface area contributed by atoms with Gasteiger partial charge < -0.3 is 9.84 Å². The van der Waals surface area contributed by atoms with Gasteiger partial charge >= 0.3 is 12.1 Å². The van der Waals surface area contributed by atoms with Crippen molar-refractivity contribution in [2.45, 2.75) is 20.0 Å². The highest BCUT2D eigenvalue weighted by atomic mass is 19.4. The van der Waals surface area contributed by atoms with Crippen molar-refractivity contribution >= 4 is 5.97 Å². The van der Waals surface area contributed by atoms with E-state index < -0.39 is 24.6 Å². The van der Waals surface area contributed by atoms with Crippen LogP contribution >= 0.6 is 0 Å². The Hall–Kier alpha value is -2.58. The monoisotopic (exact) mass is 332 g/mol. The van der Waals surface area contributed by atoms with Gasteiger partial charge in [0.25, 0.3) is 0 Å². The van der Waals surface area contributed by atoms with Crippen molar-refractivity contribution < 1.29 is 32.2 Å². The van der Waals surface area contributed by atoms with Crippen LogP contribution in [-0.4, -0.2) is 33.6 Å². The second kappa shape index (κ2) is 5.90. The van der Waals surface area contributed by atoms with Crippen LogP contribution in [0.15, 0.2) is 18.2 Å². The first-order valence-corrected chi connectivity index (χ1v) is 6.38. The standard InChI is InChI=1S/C14H12F4N2O3/c1-7-3-10(15)11(5-9(7)13(21)22)20-8(2)4-12(19-20)23-6-14(16,17)18/h3-5H,6H2,1-2H3,(H,21,22). The molecule has 0 spiro atoms. The van der Waals surface area contributed by atoms with Crippen LogP contribution in [-0.2, 0) is 0 Å². The molecule has 0 bridgehead atoms. The maximum Gasteiger partial charge on any atom is 0.422 e. The van der Waals surface area contributed by atoms with Crippen LogP contribution < -0.4 is 4.74 Å². The Labute approximate surface area is 128 Å². The Balaban J connectivity index is 2.41. The van der Waals surface area contributed by atoms with Gasteiger partial charge in [-0.05, 0) is 31.5 Å². The van der Waals surface area contributed by atoms with E-state index in [-0.39, 0.29) is 22.7 Å². The van der Waals surface area contributed by atoms with E-state index in [1.54, 1.807) is 0 Å². The zero-order chi connectivity index (χ0) is 17.4. The summed E-state index contributed by atoms with van der Waals surface area (Å²) in [6.45, 7) is 1.39. The summed E-state index contributed by atoms with van der Waals surface area (Å²) < 4.78 is 56.0. The fourth-order valence-electron chi connectivity index (χ4n) is 1.97. The molecule has 9 heteroatoms. The predicted molar refractivity (Wildman–Crippen MR) is 71.5 cm³/mol. The Morgan fingerprint density at radius 2 is 1.96 bits per heavy atom. The number of hydrogen-bond acceptors (Lipinski definition) is 3. The molecule has 23 heavy (non-hydrogen) atoms. The molecule has 0 saturated carbocycles. The number of ether oxygens (including phenoxy) is 1. The van der Waals surface area contributed by atoms with Crippen molar-refractivity contribution in [3.05, 3.63) is 40.8 Å². The molecular weight excluding hydrogens is 320 g/mol. The minimum absolute atomic E-state index is 0.131. The maximum atomic E-state index is 14.1. The van der Waals surface area contributed by atoms with Gasteiger partial charge in [-0.2, -0.15) is 13.2 Å². The van der Waals surface area contributed by atoms with Crippen LogP contribution in [0.4, 0.5) is 17.6 Å². The Kier molecular flexibility index (Phi) is 4.31. The molecule has 0 atom stereocenters. The van der Waals surface area contributed by atoms with Gasteiger partial charge in [0.2, 0.25) is 5.88 Å². The number of nitrogens with zero attached hydrogens (tertiary/aromatic N) is 2. The third kappa shape index (κ3) is 3.79. The molecule has 124 valence electrons. The third-order valence-electron chi connectivity index (χ3n) is 3.00. The summed E-state index contributed by atoms with van der Waals surface area (Å²) in [5.74, 6) is -2.33. The molecule has 0 fully saturated rings. The second-order valence-electron chi connectivity index (χ2n) is 4.86. The molecule has 1 heterocycles. The number of rotatable bonds is 4. The summed E-state index contributed by atoms with van der Waals surface area (Å²) in [6, 6.07) is 3.29. The lowest BCUT2D eigenvalue weighted by atomic mass is 10.1. The number of aryl methyl sites for hydroxylation is 2. The summed E-state index contributed by atoms with van der Waals surface area (Å²) in [6.07, 6.45) is -4.52. The third-order valence-corrected chi connectivity index (χ3v) is 3.00. The smallest absolute Gasteiger partial charge is 0.422 e. The fraction of sp³-hybridized carbons (Fsp3) is 0.286. The molecule has 2 rings (SSSR count). The summed E-state index contributed by atoms with van der Waals surface area (Å²) in [5, 5.41) is 12.8. The number of benzene rings is 1. The first-order chi connectivity index (χ1) is 10.6. The van der Waals surface area contributed by atoms with E-state index in [1.807, 2.05) is 0 Å². The zero-order valence-corrected chi connectivity index (χ0v) is 12.1. The topological polar surface area (TPSA) is 64.4 Å². The van der Waals surface area contributed by atoms with E-state index in [0.29, 0.717) is 5.69 Å². The maximum absolute atomic E-state index is 14.1.